The number of carboxylic acids is 1. The molecule has 9 nitrogen and oxygen atoms in total. The molecular formula is C22H16ClN3O6S. The Morgan fingerprint density at radius 2 is 1.73 bits per heavy atom. The number of thioether (sulfide) groups is 1. The van der Waals surface area contributed by atoms with Gasteiger partial charge >= 0.3 is 5.97 Å². The molecule has 33 heavy (non-hydrogen) atoms. The molecule has 0 heterocycles. The highest BCUT2D eigenvalue weighted by atomic mass is 35.5. The van der Waals surface area contributed by atoms with E-state index >= 15 is 0 Å². The third-order valence-electron chi connectivity index (χ3n) is 4.27. The summed E-state index contributed by atoms with van der Waals surface area (Å²) in [6, 6.07) is 16.1. The number of amides is 2. The van der Waals surface area contributed by atoms with Crippen molar-refractivity contribution in [3.05, 3.63) is 93.0 Å². The molecule has 0 aromatic heterocycles. The van der Waals surface area contributed by atoms with E-state index in [9.17, 15) is 24.5 Å². The summed E-state index contributed by atoms with van der Waals surface area (Å²) in [5.41, 5.74) is 0.595. The maximum absolute atomic E-state index is 12.4. The second kappa shape index (κ2) is 10.6. The van der Waals surface area contributed by atoms with E-state index in [-0.39, 0.29) is 33.3 Å². The Morgan fingerprint density at radius 1 is 0.970 bits per heavy atom. The number of nitrogens with one attached hydrogen (secondary N) is 2. The lowest BCUT2D eigenvalue weighted by molar-refractivity contribution is -0.384. The van der Waals surface area contributed by atoms with Crippen molar-refractivity contribution in [1.82, 2.24) is 0 Å². The third kappa shape index (κ3) is 6.55. The van der Waals surface area contributed by atoms with Gasteiger partial charge in [-0.05, 0) is 42.5 Å². The highest BCUT2D eigenvalue weighted by molar-refractivity contribution is 8.00. The quantitative estimate of drug-likeness (QED) is 0.233. The average Bonchev–Trinajstić information content (AvgIpc) is 2.79. The van der Waals surface area contributed by atoms with Crippen LogP contribution in [0.4, 0.5) is 17.1 Å². The molecule has 3 N–H and O–H groups in total. The molecule has 0 saturated carbocycles. The molecule has 0 bridgehead atoms. The molecule has 2 amide bonds. The lowest BCUT2D eigenvalue weighted by atomic mass is 10.2. The Hall–Kier alpha value is -3.89. The summed E-state index contributed by atoms with van der Waals surface area (Å²) in [6.45, 7) is 0. The number of hydrogen-bond acceptors (Lipinski definition) is 6. The average molecular weight is 486 g/mol. The minimum atomic E-state index is -1.14. The second-order valence-corrected chi connectivity index (χ2v) is 8.08. The van der Waals surface area contributed by atoms with E-state index in [1.54, 1.807) is 24.3 Å². The van der Waals surface area contributed by atoms with Crippen molar-refractivity contribution in [3.8, 4) is 0 Å². The zero-order valence-corrected chi connectivity index (χ0v) is 18.4. The van der Waals surface area contributed by atoms with Crippen molar-refractivity contribution in [2.24, 2.45) is 0 Å². The topological polar surface area (TPSA) is 139 Å². The SMILES string of the molecule is O=C(CSc1cccc(NC(=O)c2cccc([N+](=O)[O-])c2)c1)Nc1cc(C(=O)O)ccc1Cl. The van der Waals surface area contributed by atoms with Crippen LogP contribution in [0.5, 0.6) is 0 Å². The van der Waals surface area contributed by atoms with Gasteiger partial charge < -0.3 is 15.7 Å². The number of rotatable bonds is 8. The van der Waals surface area contributed by atoms with Crippen LogP contribution >= 0.6 is 23.4 Å². The Bertz CT molecular complexity index is 1250. The van der Waals surface area contributed by atoms with Crippen molar-refractivity contribution >= 4 is 58.2 Å². The van der Waals surface area contributed by atoms with Crippen LogP contribution in [0.2, 0.25) is 5.02 Å². The Balaban J connectivity index is 1.61. The fourth-order valence-electron chi connectivity index (χ4n) is 2.72. The molecule has 0 radical (unpaired) electrons. The summed E-state index contributed by atoms with van der Waals surface area (Å²) in [6.07, 6.45) is 0. The molecular weight excluding hydrogens is 470 g/mol. The van der Waals surface area contributed by atoms with Crippen molar-refractivity contribution in [2.75, 3.05) is 16.4 Å². The first kappa shape index (κ1) is 23.8. The van der Waals surface area contributed by atoms with E-state index < -0.39 is 22.7 Å². The molecule has 0 saturated heterocycles. The number of benzene rings is 3. The first-order valence-corrected chi connectivity index (χ1v) is 10.7. The van der Waals surface area contributed by atoms with Crippen molar-refractivity contribution in [1.29, 1.82) is 0 Å². The zero-order chi connectivity index (χ0) is 24.0. The summed E-state index contributed by atoms with van der Waals surface area (Å²) in [7, 11) is 0. The molecule has 11 heteroatoms. The fraction of sp³-hybridized carbons (Fsp3) is 0.0455. The van der Waals surface area contributed by atoms with Crippen LogP contribution < -0.4 is 10.6 Å². The zero-order valence-electron chi connectivity index (χ0n) is 16.8. The number of nitrogens with zero attached hydrogens (tertiary/aromatic N) is 1. The number of nitro groups is 1. The van der Waals surface area contributed by atoms with Gasteiger partial charge in [0, 0.05) is 28.3 Å². The number of anilines is 2. The predicted octanol–water partition coefficient (Wildman–Crippen LogP) is 4.93. The van der Waals surface area contributed by atoms with Gasteiger partial charge in [0.05, 0.1) is 26.9 Å². The summed E-state index contributed by atoms with van der Waals surface area (Å²) >= 11 is 7.21. The number of nitro benzene ring substituents is 1. The lowest BCUT2D eigenvalue weighted by Crippen LogP contribution is -2.15. The minimum Gasteiger partial charge on any atom is -0.478 e. The standard InChI is InChI=1S/C22H16ClN3O6S/c23-18-8-7-14(22(29)30)10-19(18)25-20(27)12-33-17-6-2-4-15(11-17)24-21(28)13-3-1-5-16(9-13)26(31)32/h1-11H,12H2,(H,24,28)(H,25,27)(H,29,30). The van der Waals surface area contributed by atoms with E-state index in [4.69, 9.17) is 16.7 Å². The molecule has 0 unspecified atom stereocenters. The maximum atomic E-state index is 12.4. The first-order chi connectivity index (χ1) is 15.7. The summed E-state index contributed by atoms with van der Waals surface area (Å²) < 4.78 is 0. The van der Waals surface area contributed by atoms with Crippen LogP contribution in [-0.4, -0.2) is 33.6 Å². The van der Waals surface area contributed by atoms with E-state index in [2.05, 4.69) is 10.6 Å². The second-order valence-electron chi connectivity index (χ2n) is 6.63. The molecule has 168 valence electrons. The maximum Gasteiger partial charge on any atom is 0.335 e. The minimum absolute atomic E-state index is 0.00505. The fourth-order valence-corrected chi connectivity index (χ4v) is 3.64. The van der Waals surface area contributed by atoms with Gasteiger partial charge in [-0.1, -0.05) is 23.7 Å². The number of carboxylic acid groups (broad SMARTS) is 1. The van der Waals surface area contributed by atoms with Gasteiger partial charge in [-0.15, -0.1) is 11.8 Å². The number of halogens is 1. The molecule has 0 aliphatic rings. The van der Waals surface area contributed by atoms with Crippen LogP contribution in [0.1, 0.15) is 20.7 Å². The Kier molecular flexibility index (Phi) is 7.65. The van der Waals surface area contributed by atoms with Crippen LogP contribution in [0, 0.1) is 10.1 Å². The van der Waals surface area contributed by atoms with Crippen LogP contribution in [0.25, 0.3) is 0 Å². The van der Waals surface area contributed by atoms with Gasteiger partial charge in [0.2, 0.25) is 5.91 Å². The summed E-state index contributed by atoms with van der Waals surface area (Å²) in [5, 5.41) is 25.4. The predicted molar refractivity (Wildman–Crippen MR) is 125 cm³/mol. The van der Waals surface area contributed by atoms with Crippen molar-refractivity contribution < 1.29 is 24.4 Å². The summed E-state index contributed by atoms with van der Waals surface area (Å²) in [5.74, 6) is -2.03. The number of aromatic carboxylic acids is 1. The molecule has 0 spiro atoms. The summed E-state index contributed by atoms with van der Waals surface area (Å²) in [4.78, 5) is 46.8. The normalized spacial score (nSPS) is 10.3. The van der Waals surface area contributed by atoms with E-state index in [0.717, 1.165) is 0 Å². The number of carbonyl (C=O) groups excluding carboxylic acids is 2. The molecule has 3 aromatic rings. The van der Waals surface area contributed by atoms with E-state index in [1.807, 2.05) is 0 Å². The van der Waals surface area contributed by atoms with Gasteiger partial charge in [-0.3, -0.25) is 19.7 Å². The Labute approximate surface area is 196 Å². The Morgan fingerprint density at radius 3 is 2.45 bits per heavy atom. The van der Waals surface area contributed by atoms with Gasteiger partial charge in [-0.2, -0.15) is 0 Å². The molecule has 0 atom stereocenters. The van der Waals surface area contributed by atoms with Gasteiger partial charge in [0.15, 0.2) is 0 Å². The van der Waals surface area contributed by atoms with Gasteiger partial charge in [0.25, 0.3) is 11.6 Å². The molecule has 0 aliphatic heterocycles. The third-order valence-corrected chi connectivity index (χ3v) is 5.59. The lowest BCUT2D eigenvalue weighted by Gasteiger charge is -2.09. The largest absolute Gasteiger partial charge is 0.478 e. The number of carbonyl (C=O) groups is 3. The van der Waals surface area contributed by atoms with Crippen LogP contribution in [0.3, 0.4) is 0 Å². The van der Waals surface area contributed by atoms with Gasteiger partial charge in [-0.25, -0.2) is 4.79 Å². The van der Waals surface area contributed by atoms with E-state index in [0.29, 0.717) is 10.6 Å². The van der Waals surface area contributed by atoms with E-state index in [1.165, 1.54) is 54.2 Å². The van der Waals surface area contributed by atoms with Crippen molar-refractivity contribution in [2.45, 2.75) is 4.90 Å². The smallest absolute Gasteiger partial charge is 0.335 e. The molecule has 0 aliphatic carbocycles. The molecule has 0 fully saturated rings. The van der Waals surface area contributed by atoms with Gasteiger partial charge in [0.1, 0.15) is 0 Å². The molecule has 3 rings (SSSR count). The van der Waals surface area contributed by atoms with Crippen LogP contribution in [-0.2, 0) is 4.79 Å². The molecule has 3 aromatic carbocycles. The first-order valence-electron chi connectivity index (χ1n) is 9.34. The number of hydrogen-bond donors (Lipinski definition) is 3. The highest BCUT2D eigenvalue weighted by Crippen LogP contribution is 2.25. The highest BCUT2D eigenvalue weighted by Gasteiger charge is 2.13. The van der Waals surface area contributed by atoms with Crippen molar-refractivity contribution in [3.63, 3.8) is 0 Å². The van der Waals surface area contributed by atoms with Crippen LogP contribution in [0.15, 0.2) is 71.6 Å². The number of non-ortho nitro benzene ring substituents is 1. The monoisotopic (exact) mass is 485 g/mol.